The fourth-order valence-electron chi connectivity index (χ4n) is 3.53. The Balaban J connectivity index is 1.67. The number of nitrogens with one attached hydrogen (secondary N) is 2. The van der Waals surface area contributed by atoms with Crippen molar-refractivity contribution >= 4 is 23.2 Å². The van der Waals surface area contributed by atoms with Gasteiger partial charge in [-0.05, 0) is 56.3 Å². The van der Waals surface area contributed by atoms with Gasteiger partial charge < -0.3 is 15.4 Å². The molecular weight excluding hydrogens is 354 g/mol. The first-order valence-corrected chi connectivity index (χ1v) is 9.71. The quantitative estimate of drug-likeness (QED) is 0.799. The minimum Gasteiger partial charge on any atom is -0.497 e. The molecule has 0 aliphatic carbocycles. The summed E-state index contributed by atoms with van der Waals surface area (Å²) in [6.45, 7) is 3.90. The van der Waals surface area contributed by atoms with E-state index in [1.54, 1.807) is 43.5 Å². The molecule has 0 bridgehead atoms. The molecule has 1 unspecified atom stereocenters. The van der Waals surface area contributed by atoms with Crippen LogP contribution in [0.4, 0.5) is 11.4 Å². The molecule has 0 aromatic heterocycles. The summed E-state index contributed by atoms with van der Waals surface area (Å²) in [5.74, 6) is 0.427. The minimum atomic E-state index is -0.239. The molecule has 0 saturated carbocycles. The van der Waals surface area contributed by atoms with Crippen LogP contribution in [0.25, 0.3) is 0 Å². The van der Waals surface area contributed by atoms with Crippen LogP contribution in [0.15, 0.2) is 48.5 Å². The predicted octanol–water partition coefficient (Wildman–Crippen LogP) is 3.76. The third kappa shape index (κ3) is 4.89. The molecule has 1 saturated heterocycles. The molecule has 6 nitrogen and oxygen atoms in total. The first-order valence-electron chi connectivity index (χ1n) is 9.71. The predicted molar refractivity (Wildman–Crippen MR) is 111 cm³/mol. The van der Waals surface area contributed by atoms with Gasteiger partial charge in [-0.25, -0.2) is 0 Å². The van der Waals surface area contributed by atoms with Gasteiger partial charge in [0.15, 0.2) is 0 Å². The van der Waals surface area contributed by atoms with Gasteiger partial charge in [-0.15, -0.1) is 0 Å². The van der Waals surface area contributed by atoms with Crippen LogP contribution in [-0.2, 0) is 4.79 Å². The van der Waals surface area contributed by atoms with E-state index >= 15 is 0 Å². The molecule has 6 heteroatoms. The minimum absolute atomic E-state index is 0.00750. The third-order valence-corrected chi connectivity index (χ3v) is 5.04. The normalized spacial score (nSPS) is 17.0. The zero-order valence-electron chi connectivity index (χ0n) is 16.4. The first kappa shape index (κ1) is 19.9. The Hall–Kier alpha value is -2.86. The number of carbonyl (C=O) groups is 2. The number of amides is 2. The fourth-order valence-corrected chi connectivity index (χ4v) is 3.53. The average Bonchev–Trinajstić information content (AvgIpc) is 2.74. The molecule has 2 aromatic carbocycles. The van der Waals surface area contributed by atoms with Crippen LogP contribution in [0.1, 0.15) is 36.5 Å². The molecule has 148 valence electrons. The van der Waals surface area contributed by atoms with Crippen molar-refractivity contribution in [1.82, 2.24) is 4.90 Å². The van der Waals surface area contributed by atoms with Crippen molar-refractivity contribution in [3.8, 4) is 5.75 Å². The van der Waals surface area contributed by atoms with Gasteiger partial charge >= 0.3 is 0 Å². The zero-order chi connectivity index (χ0) is 19.9. The number of ether oxygens (including phenoxy) is 1. The number of carbonyl (C=O) groups excluding carboxylic acids is 2. The number of hydrogen-bond donors (Lipinski definition) is 2. The van der Waals surface area contributed by atoms with E-state index in [0.717, 1.165) is 32.4 Å². The molecule has 3 rings (SSSR count). The van der Waals surface area contributed by atoms with E-state index in [-0.39, 0.29) is 17.9 Å². The second-order valence-corrected chi connectivity index (χ2v) is 6.90. The lowest BCUT2D eigenvalue weighted by Gasteiger charge is -2.33. The lowest BCUT2D eigenvalue weighted by Crippen LogP contribution is -2.46. The van der Waals surface area contributed by atoms with Crippen molar-refractivity contribution in [1.29, 1.82) is 0 Å². The maximum absolute atomic E-state index is 12.7. The molecule has 2 amide bonds. The Morgan fingerprint density at radius 1 is 1.07 bits per heavy atom. The van der Waals surface area contributed by atoms with E-state index in [9.17, 15) is 9.59 Å². The van der Waals surface area contributed by atoms with Gasteiger partial charge in [-0.1, -0.05) is 25.5 Å². The van der Waals surface area contributed by atoms with E-state index in [1.807, 2.05) is 12.1 Å². The van der Waals surface area contributed by atoms with Crippen molar-refractivity contribution in [3.63, 3.8) is 0 Å². The van der Waals surface area contributed by atoms with Crippen LogP contribution in [0.2, 0.25) is 0 Å². The number of anilines is 2. The lowest BCUT2D eigenvalue weighted by atomic mass is 10.0. The van der Waals surface area contributed by atoms with Crippen LogP contribution in [-0.4, -0.2) is 43.0 Å². The number of rotatable bonds is 6. The molecule has 0 radical (unpaired) electrons. The molecule has 1 heterocycles. The number of nitrogens with zero attached hydrogens (tertiary/aromatic N) is 1. The van der Waals surface area contributed by atoms with E-state index in [1.165, 1.54) is 0 Å². The van der Waals surface area contributed by atoms with Crippen LogP contribution in [0.5, 0.6) is 5.75 Å². The summed E-state index contributed by atoms with van der Waals surface area (Å²) in [7, 11) is 1.58. The highest BCUT2D eigenvalue weighted by molar-refractivity contribution is 6.05. The summed E-state index contributed by atoms with van der Waals surface area (Å²) in [5.41, 5.74) is 1.76. The van der Waals surface area contributed by atoms with E-state index < -0.39 is 0 Å². The van der Waals surface area contributed by atoms with Crippen molar-refractivity contribution in [2.24, 2.45) is 0 Å². The van der Waals surface area contributed by atoms with Gasteiger partial charge in [-0.2, -0.15) is 0 Å². The Kier molecular flexibility index (Phi) is 6.66. The highest BCUT2D eigenvalue weighted by Crippen LogP contribution is 2.20. The number of likely N-dealkylation sites (N-methyl/N-ethyl adjacent to an activating group) is 1. The number of hydrogen-bond acceptors (Lipinski definition) is 4. The van der Waals surface area contributed by atoms with E-state index in [4.69, 9.17) is 4.74 Å². The molecule has 2 aromatic rings. The molecule has 1 aliphatic rings. The summed E-state index contributed by atoms with van der Waals surface area (Å²) in [5, 5.41) is 5.83. The van der Waals surface area contributed by atoms with Gasteiger partial charge in [0.1, 0.15) is 5.75 Å². The molecule has 28 heavy (non-hydrogen) atoms. The Labute approximate surface area is 165 Å². The van der Waals surface area contributed by atoms with Gasteiger partial charge in [0.25, 0.3) is 5.91 Å². The van der Waals surface area contributed by atoms with Crippen LogP contribution in [0.3, 0.4) is 0 Å². The van der Waals surface area contributed by atoms with Gasteiger partial charge in [0.2, 0.25) is 5.91 Å². The summed E-state index contributed by atoms with van der Waals surface area (Å²) >= 11 is 0. The van der Waals surface area contributed by atoms with Gasteiger partial charge in [0, 0.05) is 23.0 Å². The Morgan fingerprint density at radius 2 is 1.82 bits per heavy atom. The summed E-state index contributed by atoms with van der Waals surface area (Å²) in [4.78, 5) is 27.5. The largest absolute Gasteiger partial charge is 0.497 e. The summed E-state index contributed by atoms with van der Waals surface area (Å²) in [6.07, 6.45) is 3.07. The third-order valence-electron chi connectivity index (χ3n) is 5.04. The van der Waals surface area contributed by atoms with Gasteiger partial charge in [-0.3, -0.25) is 14.5 Å². The zero-order valence-corrected chi connectivity index (χ0v) is 16.4. The first-order chi connectivity index (χ1) is 13.6. The summed E-state index contributed by atoms with van der Waals surface area (Å²) in [6, 6.07) is 14.1. The monoisotopic (exact) mass is 381 g/mol. The van der Waals surface area contributed by atoms with E-state index in [2.05, 4.69) is 22.5 Å². The SMILES string of the molecule is CCN1CCCCC1C(=O)Nc1cccc(C(=O)Nc2cccc(OC)c2)c1. The maximum Gasteiger partial charge on any atom is 0.255 e. The van der Waals surface area contributed by atoms with Crippen LogP contribution < -0.4 is 15.4 Å². The summed E-state index contributed by atoms with van der Waals surface area (Å²) < 4.78 is 5.18. The van der Waals surface area contributed by atoms with Crippen LogP contribution >= 0.6 is 0 Å². The lowest BCUT2D eigenvalue weighted by molar-refractivity contribution is -0.122. The van der Waals surface area contributed by atoms with Crippen molar-refractivity contribution < 1.29 is 14.3 Å². The highest BCUT2D eigenvalue weighted by Gasteiger charge is 2.27. The highest BCUT2D eigenvalue weighted by atomic mass is 16.5. The number of piperidine rings is 1. The second-order valence-electron chi connectivity index (χ2n) is 6.90. The smallest absolute Gasteiger partial charge is 0.255 e. The second kappa shape index (κ2) is 9.37. The topological polar surface area (TPSA) is 70.7 Å². The van der Waals surface area contributed by atoms with Crippen molar-refractivity contribution in [2.45, 2.75) is 32.2 Å². The van der Waals surface area contributed by atoms with E-state index in [0.29, 0.717) is 22.7 Å². The number of methoxy groups -OCH3 is 1. The Bertz CT molecular complexity index is 837. The molecular formula is C22H27N3O3. The Morgan fingerprint density at radius 3 is 2.57 bits per heavy atom. The standard InChI is InChI=1S/C22H27N3O3/c1-3-25-13-5-4-12-20(25)22(27)24-17-9-6-8-16(14-17)21(26)23-18-10-7-11-19(15-18)28-2/h6-11,14-15,20H,3-5,12-13H2,1-2H3,(H,23,26)(H,24,27). The van der Waals surface area contributed by atoms with Gasteiger partial charge in [0.05, 0.1) is 13.2 Å². The van der Waals surface area contributed by atoms with Crippen LogP contribution in [0, 0.1) is 0 Å². The maximum atomic E-state index is 12.7. The molecule has 1 fully saturated rings. The van der Waals surface area contributed by atoms with Crippen molar-refractivity contribution in [2.75, 3.05) is 30.8 Å². The molecule has 1 aliphatic heterocycles. The number of benzene rings is 2. The molecule has 1 atom stereocenters. The number of likely N-dealkylation sites (tertiary alicyclic amines) is 1. The molecule has 0 spiro atoms. The average molecular weight is 381 g/mol. The van der Waals surface area contributed by atoms with Crippen molar-refractivity contribution in [3.05, 3.63) is 54.1 Å². The molecule has 2 N–H and O–H groups in total. The fraction of sp³-hybridized carbons (Fsp3) is 0.364.